The molecule has 0 fully saturated rings. The summed E-state index contributed by atoms with van der Waals surface area (Å²) in [6.45, 7) is 6.22. The summed E-state index contributed by atoms with van der Waals surface area (Å²) in [5.74, 6) is -0.237. The molecule has 6 heteroatoms. The van der Waals surface area contributed by atoms with Crippen LogP contribution in [0.2, 0.25) is 0 Å². The van der Waals surface area contributed by atoms with E-state index >= 15 is 0 Å². The van der Waals surface area contributed by atoms with Gasteiger partial charge in [-0.25, -0.2) is 0 Å². The summed E-state index contributed by atoms with van der Waals surface area (Å²) in [4.78, 5) is 0. The van der Waals surface area contributed by atoms with Crippen LogP contribution in [0.15, 0.2) is 24.3 Å². The van der Waals surface area contributed by atoms with Crippen molar-refractivity contribution in [3.63, 3.8) is 0 Å². The Morgan fingerprint density at radius 1 is 1.15 bits per heavy atom. The molecule has 1 rings (SSSR count). The highest BCUT2D eigenvalue weighted by atomic mass is 19.4. The number of benzene rings is 1. The van der Waals surface area contributed by atoms with E-state index in [0.29, 0.717) is 13.0 Å². The predicted octanol–water partition coefficient (Wildman–Crippen LogP) is 3.27. The lowest BCUT2D eigenvalue weighted by Gasteiger charge is -2.31. The Kier molecular flexibility index (Phi) is 5.42. The summed E-state index contributed by atoms with van der Waals surface area (Å²) in [6, 6.07) is 5.45. The molecular weight excluding hydrogens is 271 g/mol. The van der Waals surface area contributed by atoms with Gasteiger partial charge < -0.3 is 15.2 Å². The average molecular weight is 291 g/mol. The quantitative estimate of drug-likeness (QED) is 0.875. The number of nitrogens with two attached hydrogens (primary N) is 1. The topological polar surface area (TPSA) is 44.5 Å². The van der Waals surface area contributed by atoms with Crippen LogP contribution in [0.25, 0.3) is 0 Å². The van der Waals surface area contributed by atoms with Crippen LogP contribution < -0.4 is 10.5 Å². The minimum absolute atomic E-state index is 0.237. The normalized spacial score (nSPS) is 14.2. The van der Waals surface area contributed by atoms with Crippen molar-refractivity contribution in [3.8, 4) is 5.75 Å². The van der Waals surface area contributed by atoms with Crippen LogP contribution in [0, 0.1) is 0 Å². The van der Waals surface area contributed by atoms with E-state index in [2.05, 4.69) is 4.74 Å². The summed E-state index contributed by atoms with van der Waals surface area (Å²) in [6.07, 6.45) is -4.16. The summed E-state index contributed by atoms with van der Waals surface area (Å²) in [7, 11) is 0. The highest BCUT2D eigenvalue weighted by Gasteiger charge is 2.31. The van der Waals surface area contributed by atoms with E-state index in [9.17, 15) is 13.2 Å². The lowest BCUT2D eigenvalue weighted by molar-refractivity contribution is -0.274. The molecule has 0 bridgehead atoms. The third-order valence-corrected chi connectivity index (χ3v) is 3.02. The zero-order chi connectivity index (χ0) is 15.4. The van der Waals surface area contributed by atoms with Gasteiger partial charge in [-0.1, -0.05) is 12.1 Å². The average Bonchev–Trinajstić information content (AvgIpc) is 2.29. The van der Waals surface area contributed by atoms with Gasteiger partial charge in [0, 0.05) is 12.6 Å². The van der Waals surface area contributed by atoms with Crippen molar-refractivity contribution in [1.29, 1.82) is 0 Å². The Balaban J connectivity index is 2.66. The monoisotopic (exact) mass is 291 g/mol. The molecule has 1 atom stereocenters. The van der Waals surface area contributed by atoms with Crippen molar-refractivity contribution in [2.45, 2.75) is 45.2 Å². The van der Waals surface area contributed by atoms with E-state index in [1.165, 1.54) is 12.1 Å². The van der Waals surface area contributed by atoms with Crippen molar-refractivity contribution in [2.24, 2.45) is 5.73 Å². The van der Waals surface area contributed by atoms with Crippen molar-refractivity contribution in [3.05, 3.63) is 29.8 Å². The van der Waals surface area contributed by atoms with Gasteiger partial charge in [-0.15, -0.1) is 13.2 Å². The van der Waals surface area contributed by atoms with Gasteiger partial charge in [0.1, 0.15) is 5.75 Å². The molecule has 0 saturated carbocycles. The fourth-order valence-electron chi connectivity index (χ4n) is 1.81. The summed E-state index contributed by atoms with van der Waals surface area (Å²) < 4.78 is 45.5. The Morgan fingerprint density at radius 3 is 2.15 bits per heavy atom. The molecule has 0 aliphatic heterocycles. The summed E-state index contributed by atoms with van der Waals surface area (Å²) in [5.41, 5.74) is 6.42. The maximum absolute atomic E-state index is 12.0. The molecule has 0 spiro atoms. The van der Waals surface area contributed by atoms with E-state index in [1.807, 2.05) is 20.8 Å². The van der Waals surface area contributed by atoms with Crippen molar-refractivity contribution in [2.75, 3.05) is 6.61 Å². The van der Waals surface area contributed by atoms with Gasteiger partial charge in [-0.2, -0.15) is 0 Å². The molecule has 0 saturated heterocycles. The highest BCUT2D eigenvalue weighted by Crippen LogP contribution is 2.24. The van der Waals surface area contributed by atoms with Gasteiger partial charge in [0.2, 0.25) is 0 Å². The lowest BCUT2D eigenvalue weighted by atomic mass is 9.93. The molecule has 3 nitrogen and oxygen atoms in total. The number of hydrogen-bond donors (Lipinski definition) is 1. The SMILES string of the molecule is CCOC(C)(C)C(N)Cc1ccc(OC(F)(F)F)cc1. The maximum atomic E-state index is 12.0. The molecule has 0 aliphatic rings. The zero-order valence-electron chi connectivity index (χ0n) is 11.8. The molecule has 114 valence electrons. The van der Waals surface area contributed by atoms with E-state index < -0.39 is 12.0 Å². The second kappa shape index (κ2) is 6.45. The lowest BCUT2D eigenvalue weighted by Crippen LogP contribution is -2.46. The van der Waals surface area contributed by atoms with Crippen LogP contribution in [0.3, 0.4) is 0 Å². The molecule has 0 heterocycles. The summed E-state index contributed by atoms with van der Waals surface area (Å²) in [5, 5.41) is 0. The number of rotatable bonds is 6. The molecule has 0 aliphatic carbocycles. The Bertz CT molecular complexity index is 415. The molecule has 1 unspecified atom stereocenters. The molecule has 0 radical (unpaired) electrons. The largest absolute Gasteiger partial charge is 0.573 e. The first-order valence-electron chi connectivity index (χ1n) is 6.38. The van der Waals surface area contributed by atoms with Gasteiger partial charge >= 0.3 is 6.36 Å². The first-order valence-corrected chi connectivity index (χ1v) is 6.38. The Morgan fingerprint density at radius 2 is 1.70 bits per heavy atom. The van der Waals surface area contributed by atoms with Crippen molar-refractivity contribution < 1.29 is 22.6 Å². The maximum Gasteiger partial charge on any atom is 0.573 e. The van der Waals surface area contributed by atoms with Crippen LogP contribution in [-0.4, -0.2) is 24.6 Å². The van der Waals surface area contributed by atoms with Crippen LogP contribution in [0.4, 0.5) is 13.2 Å². The van der Waals surface area contributed by atoms with Gasteiger partial charge in [0.25, 0.3) is 0 Å². The molecule has 1 aromatic carbocycles. The first kappa shape index (κ1) is 16.8. The Hall–Kier alpha value is -1.27. The molecule has 2 N–H and O–H groups in total. The van der Waals surface area contributed by atoms with Crippen LogP contribution in [-0.2, 0) is 11.2 Å². The van der Waals surface area contributed by atoms with E-state index in [4.69, 9.17) is 10.5 Å². The number of hydrogen-bond acceptors (Lipinski definition) is 3. The second-order valence-corrected chi connectivity index (χ2v) is 5.04. The summed E-state index contributed by atoms with van der Waals surface area (Å²) >= 11 is 0. The Labute approximate surface area is 116 Å². The van der Waals surface area contributed by atoms with Crippen LogP contribution in [0.5, 0.6) is 5.75 Å². The molecule has 0 aromatic heterocycles. The predicted molar refractivity (Wildman–Crippen MR) is 70.5 cm³/mol. The molecule has 1 aromatic rings. The molecular formula is C14H20F3NO2. The van der Waals surface area contributed by atoms with Gasteiger partial charge in [-0.05, 0) is 44.9 Å². The minimum atomic E-state index is -4.67. The first-order chi connectivity index (χ1) is 9.14. The standard InChI is InChI=1S/C14H20F3NO2/c1-4-19-13(2,3)12(18)9-10-5-7-11(8-6-10)20-14(15,16)17/h5-8,12H,4,9,18H2,1-3H3. The molecule has 0 amide bonds. The van der Waals surface area contributed by atoms with Crippen molar-refractivity contribution in [1.82, 2.24) is 0 Å². The third kappa shape index (κ3) is 5.38. The number of halogens is 3. The second-order valence-electron chi connectivity index (χ2n) is 5.04. The minimum Gasteiger partial charge on any atom is -0.406 e. The smallest absolute Gasteiger partial charge is 0.406 e. The fourth-order valence-corrected chi connectivity index (χ4v) is 1.81. The van der Waals surface area contributed by atoms with E-state index in [0.717, 1.165) is 5.56 Å². The van der Waals surface area contributed by atoms with Gasteiger partial charge in [0.05, 0.1) is 5.60 Å². The number of alkyl halides is 3. The highest BCUT2D eigenvalue weighted by molar-refractivity contribution is 5.28. The fraction of sp³-hybridized carbons (Fsp3) is 0.571. The zero-order valence-corrected chi connectivity index (χ0v) is 11.8. The van der Waals surface area contributed by atoms with Crippen LogP contribution in [0.1, 0.15) is 26.3 Å². The van der Waals surface area contributed by atoms with Crippen molar-refractivity contribution >= 4 is 0 Å². The molecule has 20 heavy (non-hydrogen) atoms. The van der Waals surface area contributed by atoms with E-state index in [1.54, 1.807) is 12.1 Å². The number of ether oxygens (including phenoxy) is 2. The van der Waals surface area contributed by atoms with E-state index in [-0.39, 0.29) is 11.8 Å². The third-order valence-electron chi connectivity index (χ3n) is 3.02. The van der Waals surface area contributed by atoms with Crippen LogP contribution >= 0.6 is 0 Å². The van der Waals surface area contributed by atoms with Gasteiger partial charge in [-0.3, -0.25) is 0 Å². The van der Waals surface area contributed by atoms with Gasteiger partial charge in [0.15, 0.2) is 0 Å².